The average molecular weight is 299 g/mol. The second-order valence-corrected chi connectivity index (χ2v) is 5.45. The van der Waals surface area contributed by atoms with E-state index in [1.807, 2.05) is 50.2 Å². The van der Waals surface area contributed by atoms with E-state index < -0.39 is 0 Å². The Morgan fingerprint density at radius 2 is 1.95 bits per heavy atom. The molecule has 0 saturated carbocycles. The van der Waals surface area contributed by atoms with Crippen LogP contribution in [0.5, 0.6) is 0 Å². The summed E-state index contributed by atoms with van der Waals surface area (Å²) in [6.45, 7) is 3.90. The number of aryl methyl sites for hydroxylation is 2. The van der Waals surface area contributed by atoms with E-state index >= 15 is 0 Å². The van der Waals surface area contributed by atoms with Crippen LogP contribution in [0.25, 0.3) is 11.0 Å². The summed E-state index contributed by atoms with van der Waals surface area (Å²) >= 11 is 6.14. The first-order valence-corrected chi connectivity index (χ1v) is 7.31. The van der Waals surface area contributed by atoms with Crippen LogP contribution in [0.15, 0.2) is 46.9 Å². The van der Waals surface area contributed by atoms with Gasteiger partial charge < -0.3 is 4.42 Å². The molecule has 2 nitrogen and oxygen atoms in total. The third-order valence-electron chi connectivity index (χ3n) is 3.65. The van der Waals surface area contributed by atoms with E-state index in [9.17, 15) is 4.79 Å². The molecule has 0 bridgehead atoms. The van der Waals surface area contributed by atoms with Gasteiger partial charge in [-0.2, -0.15) is 0 Å². The highest BCUT2D eigenvalue weighted by molar-refractivity contribution is 6.32. The highest BCUT2D eigenvalue weighted by atomic mass is 35.5. The summed E-state index contributed by atoms with van der Waals surface area (Å²) in [5, 5.41) is 1.46. The van der Waals surface area contributed by atoms with Crippen LogP contribution < -0.4 is 0 Å². The van der Waals surface area contributed by atoms with Gasteiger partial charge in [0.1, 0.15) is 11.3 Å². The fourth-order valence-corrected chi connectivity index (χ4v) is 2.65. The Morgan fingerprint density at radius 3 is 2.67 bits per heavy atom. The standard InChI is InChI=1S/C18H15ClO2/c1-3-15-17(13-6-4-5-7-16(13)21-15)18(20)12-9-8-11(2)14(19)10-12/h4-10H,3H2,1-2H3. The van der Waals surface area contributed by atoms with Crippen molar-refractivity contribution < 1.29 is 9.21 Å². The lowest BCUT2D eigenvalue weighted by molar-refractivity contribution is 0.103. The van der Waals surface area contributed by atoms with Gasteiger partial charge in [0.2, 0.25) is 0 Å². The molecule has 3 rings (SSSR count). The number of benzene rings is 2. The number of furan rings is 1. The molecule has 1 aromatic heterocycles. The number of rotatable bonds is 3. The Labute approximate surface area is 128 Å². The minimum atomic E-state index is -0.0429. The van der Waals surface area contributed by atoms with Crippen LogP contribution in [-0.4, -0.2) is 5.78 Å². The fourth-order valence-electron chi connectivity index (χ4n) is 2.47. The van der Waals surface area contributed by atoms with Gasteiger partial charge in [0, 0.05) is 22.4 Å². The van der Waals surface area contributed by atoms with E-state index in [0.717, 1.165) is 22.3 Å². The number of halogens is 1. The van der Waals surface area contributed by atoms with Crippen LogP contribution in [0.1, 0.15) is 34.2 Å². The SMILES string of the molecule is CCc1oc2ccccc2c1C(=O)c1ccc(C)c(Cl)c1. The molecule has 1 heterocycles. The third-order valence-corrected chi connectivity index (χ3v) is 4.06. The van der Waals surface area contributed by atoms with Gasteiger partial charge in [-0.1, -0.05) is 48.9 Å². The largest absolute Gasteiger partial charge is 0.460 e. The van der Waals surface area contributed by atoms with E-state index in [-0.39, 0.29) is 5.78 Å². The van der Waals surface area contributed by atoms with Crippen LogP contribution in [0.4, 0.5) is 0 Å². The van der Waals surface area contributed by atoms with Crippen molar-refractivity contribution in [1.82, 2.24) is 0 Å². The van der Waals surface area contributed by atoms with Crippen LogP contribution in [0.3, 0.4) is 0 Å². The van der Waals surface area contributed by atoms with Crippen molar-refractivity contribution in [2.24, 2.45) is 0 Å². The summed E-state index contributed by atoms with van der Waals surface area (Å²) in [6, 6.07) is 13.0. The van der Waals surface area contributed by atoms with Gasteiger partial charge in [-0.15, -0.1) is 0 Å². The monoisotopic (exact) mass is 298 g/mol. The van der Waals surface area contributed by atoms with E-state index in [1.165, 1.54) is 0 Å². The first-order chi connectivity index (χ1) is 10.1. The number of ketones is 1. The summed E-state index contributed by atoms with van der Waals surface area (Å²) in [4.78, 5) is 12.8. The van der Waals surface area contributed by atoms with Gasteiger partial charge in [0.25, 0.3) is 0 Å². The maximum Gasteiger partial charge on any atom is 0.197 e. The van der Waals surface area contributed by atoms with Crippen molar-refractivity contribution in [3.8, 4) is 0 Å². The van der Waals surface area contributed by atoms with Crippen molar-refractivity contribution in [3.63, 3.8) is 0 Å². The molecule has 3 heteroatoms. The van der Waals surface area contributed by atoms with Crippen molar-refractivity contribution in [2.45, 2.75) is 20.3 Å². The normalized spacial score (nSPS) is 11.0. The molecule has 21 heavy (non-hydrogen) atoms. The van der Waals surface area contributed by atoms with E-state index in [1.54, 1.807) is 6.07 Å². The number of fused-ring (bicyclic) bond motifs is 1. The topological polar surface area (TPSA) is 30.2 Å². The Kier molecular flexibility index (Phi) is 3.56. The third kappa shape index (κ3) is 2.36. The first kappa shape index (κ1) is 13.9. The summed E-state index contributed by atoms with van der Waals surface area (Å²) < 4.78 is 5.79. The maximum absolute atomic E-state index is 12.8. The molecule has 106 valence electrons. The number of carbonyl (C=O) groups excluding carboxylic acids is 1. The highest BCUT2D eigenvalue weighted by Crippen LogP contribution is 2.29. The van der Waals surface area contributed by atoms with Crippen molar-refractivity contribution in [1.29, 1.82) is 0 Å². The molecule has 0 spiro atoms. The minimum absolute atomic E-state index is 0.0429. The molecule has 0 aliphatic rings. The van der Waals surface area contributed by atoms with Crippen molar-refractivity contribution in [3.05, 3.63) is 69.9 Å². The van der Waals surface area contributed by atoms with Gasteiger partial charge >= 0.3 is 0 Å². The molecule has 2 aromatic carbocycles. The lowest BCUT2D eigenvalue weighted by Crippen LogP contribution is -2.03. The summed E-state index contributed by atoms with van der Waals surface area (Å²) in [5.74, 6) is 0.677. The smallest absolute Gasteiger partial charge is 0.197 e. The molecule has 0 unspecified atom stereocenters. The van der Waals surface area contributed by atoms with Crippen molar-refractivity contribution >= 4 is 28.4 Å². The Bertz CT molecular complexity index is 830. The summed E-state index contributed by atoms with van der Waals surface area (Å²) in [7, 11) is 0. The van der Waals surface area contributed by atoms with Gasteiger partial charge in [-0.05, 0) is 24.6 Å². The van der Waals surface area contributed by atoms with E-state index in [0.29, 0.717) is 22.6 Å². The second kappa shape index (κ2) is 5.38. The molecule has 3 aromatic rings. The lowest BCUT2D eigenvalue weighted by atomic mass is 9.98. The number of carbonyl (C=O) groups is 1. The zero-order chi connectivity index (χ0) is 15.0. The van der Waals surface area contributed by atoms with Gasteiger partial charge in [-0.25, -0.2) is 0 Å². The van der Waals surface area contributed by atoms with Crippen LogP contribution >= 0.6 is 11.6 Å². The van der Waals surface area contributed by atoms with Crippen molar-refractivity contribution in [2.75, 3.05) is 0 Å². The molecule has 0 radical (unpaired) electrons. The van der Waals surface area contributed by atoms with E-state index in [2.05, 4.69) is 0 Å². The van der Waals surface area contributed by atoms with E-state index in [4.69, 9.17) is 16.0 Å². The van der Waals surface area contributed by atoms with Gasteiger partial charge in [0.05, 0.1) is 5.56 Å². The molecule has 0 atom stereocenters. The first-order valence-electron chi connectivity index (χ1n) is 6.93. The number of hydrogen-bond acceptors (Lipinski definition) is 2. The van der Waals surface area contributed by atoms with Crippen LogP contribution in [0, 0.1) is 6.92 Å². The number of para-hydroxylation sites is 1. The Hall–Kier alpha value is -2.06. The molecule has 0 fully saturated rings. The lowest BCUT2D eigenvalue weighted by Gasteiger charge is -2.04. The predicted octanol–water partition coefficient (Wildman–Crippen LogP) is 5.19. The molecule has 0 amide bonds. The van der Waals surface area contributed by atoms with Crippen LogP contribution in [0.2, 0.25) is 5.02 Å². The van der Waals surface area contributed by atoms with Crippen LogP contribution in [-0.2, 0) is 6.42 Å². The average Bonchev–Trinajstić information content (AvgIpc) is 2.87. The Morgan fingerprint density at radius 1 is 1.19 bits per heavy atom. The fraction of sp³-hybridized carbons (Fsp3) is 0.167. The maximum atomic E-state index is 12.8. The quantitative estimate of drug-likeness (QED) is 0.623. The second-order valence-electron chi connectivity index (χ2n) is 5.04. The predicted molar refractivity (Wildman–Crippen MR) is 85.2 cm³/mol. The molecular weight excluding hydrogens is 284 g/mol. The zero-order valence-electron chi connectivity index (χ0n) is 11.9. The molecular formula is C18H15ClO2. The number of hydrogen-bond donors (Lipinski definition) is 0. The van der Waals surface area contributed by atoms with Gasteiger partial charge in [-0.3, -0.25) is 4.79 Å². The summed E-state index contributed by atoms with van der Waals surface area (Å²) in [5.41, 5.74) is 2.94. The highest BCUT2D eigenvalue weighted by Gasteiger charge is 2.21. The molecule has 0 aliphatic carbocycles. The minimum Gasteiger partial charge on any atom is -0.460 e. The molecule has 0 aliphatic heterocycles. The van der Waals surface area contributed by atoms with Gasteiger partial charge in [0.15, 0.2) is 5.78 Å². The summed E-state index contributed by atoms with van der Waals surface area (Å²) in [6.07, 6.45) is 0.676. The zero-order valence-corrected chi connectivity index (χ0v) is 12.7. The molecule has 0 saturated heterocycles. The Balaban J connectivity index is 2.18. The molecule has 0 N–H and O–H groups in total.